The monoisotopic (exact) mass is 165 g/mol. The van der Waals surface area contributed by atoms with Crippen LogP contribution in [0.2, 0.25) is 0 Å². The van der Waals surface area contributed by atoms with Gasteiger partial charge in [-0.05, 0) is 37.2 Å². The maximum absolute atomic E-state index is 5.58. The Morgan fingerprint density at radius 3 is 3.33 bits per heavy atom. The number of nitrogens with zero attached hydrogens (tertiary/aromatic N) is 2. The first-order valence-electron chi connectivity index (χ1n) is 4.64. The predicted molar refractivity (Wildman–Crippen MR) is 48.3 cm³/mol. The maximum atomic E-state index is 5.58. The summed E-state index contributed by atoms with van der Waals surface area (Å²) < 4.78 is 0. The molecule has 0 amide bonds. The van der Waals surface area contributed by atoms with E-state index in [1.165, 1.54) is 35.3 Å². The first kappa shape index (κ1) is 7.65. The van der Waals surface area contributed by atoms with Gasteiger partial charge in [-0.1, -0.05) is 6.92 Å². The van der Waals surface area contributed by atoms with E-state index >= 15 is 0 Å². The molecule has 1 heterocycles. The van der Waals surface area contributed by atoms with Crippen LogP contribution in [-0.4, -0.2) is 9.89 Å². The molecule has 66 valence electrons. The van der Waals surface area contributed by atoms with Crippen molar-refractivity contribution in [3.8, 4) is 0 Å². The summed E-state index contributed by atoms with van der Waals surface area (Å²) in [6.45, 7) is 2.23. The molecule has 0 saturated heterocycles. The lowest BCUT2D eigenvalue weighted by Gasteiger charge is -2.19. The second-order valence-corrected chi connectivity index (χ2v) is 3.51. The quantitative estimate of drug-likeness (QED) is 0.640. The Kier molecular flexibility index (Phi) is 1.79. The van der Waals surface area contributed by atoms with Gasteiger partial charge < -0.3 is 5.84 Å². The van der Waals surface area contributed by atoms with Gasteiger partial charge in [0.2, 0.25) is 0 Å². The van der Waals surface area contributed by atoms with Gasteiger partial charge in [0.1, 0.15) is 0 Å². The van der Waals surface area contributed by atoms with Crippen LogP contribution in [0.5, 0.6) is 0 Å². The average molecular weight is 165 g/mol. The molecular formula is C9H15N3. The molecular weight excluding hydrogens is 150 g/mol. The van der Waals surface area contributed by atoms with Gasteiger partial charge >= 0.3 is 0 Å². The first-order chi connectivity index (χ1) is 5.81. The van der Waals surface area contributed by atoms with Gasteiger partial charge in [0.05, 0.1) is 11.9 Å². The average Bonchev–Trinajstić information content (AvgIpc) is 2.44. The van der Waals surface area contributed by atoms with Gasteiger partial charge in [-0.15, -0.1) is 0 Å². The summed E-state index contributed by atoms with van der Waals surface area (Å²) in [5.41, 5.74) is 2.60. The molecule has 0 fully saturated rings. The zero-order valence-corrected chi connectivity index (χ0v) is 7.45. The third kappa shape index (κ3) is 1.09. The van der Waals surface area contributed by atoms with E-state index in [4.69, 9.17) is 5.84 Å². The van der Waals surface area contributed by atoms with Crippen molar-refractivity contribution < 1.29 is 0 Å². The zero-order valence-electron chi connectivity index (χ0n) is 7.45. The van der Waals surface area contributed by atoms with Gasteiger partial charge in [0.15, 0.2) is 0 Å². The second-order valence-electron chi connectivity index (χ2n) is 3.51. The summed E-state index contributed by atoms with van der Waals surface area (Å²) in [5, 5.41) is 4.24. The summed E-state index contributed by atoms with van der Waals surface area (Å²) in [6.07, 6.45) is 6.86. The molecule has 12 heavy (non-hydrogen) atoms. The maximum Gasteiger partial charge on any atom is 0.0680 e. The Morgan fingerprint density at radius 2 is 2.58 bits per heavy atom. The third-order valence-corrected chi connectivity index (χ3v) is 2.74. The van der Waals surface area contributed by atoms with Crippen LogP contribution in [0.1, 0.15) is 43.4 Å². The molecule has 1 unspecified atom stereocenters. The number of hydrogen-bond acceptors (Lipinski definition) is 2. The normalized spacial score (nSPS) is 22.2. The molecule has 2 N–H and O–H groups in total. The fraction of sp³-hybridized carbons (Fsp3) is 0.667. The predicted octanol–water partition coefficient (Wildman–Crippen LogP) is 1.43. The molecule has 3 heteroatoms. The van der Waals surface area contributed by atoms with Gasteiger partial charge in [-0.2, -0.15) is 9.89 Å². The van der Waals surface area contributed by atoms with Gasteiger partial charge in [0.25, 0.3) is 0 Å². The Hall–Kier alpha value is -0.990. The highest BCUT2D eigenvalue weighted by molar-refractivity contribution is 5.24. The molecule has 1 atom stereocenters. The van der Waals surface area contributed by atoms with E-state index in [-0.39, 0.29) is 0 Å². The summed E-state index contributed by atoms with van der Waals surface area (Å²) >= 11 is 0. The van der Waals surface area contributed by atoms with E-state index in [1.54, 1.807) is 0 Å². The highest BCUT2D eigenvalue weighted by Crippen LogP contribution is 2.32. The number of nitrogen functional groups attached to an aromatic ring is 1. The van der Waals surface area contributed by atoms with Crippen LogP contribution in [0.3, 0.4) is 0 Å². The molecule has 1 aromatic rings. The molecule has 0 aromatic carbocycles. The zero-order chi connectivity index (χ0) is 8.55. The van der Waals surface area contributed by atoms with E-state index in [1.807, 2.05) is 6.20 Å². The lowest BCUT2D eigenvalue weighted by molar-refractivity contribution is 0.536. The van der Waals surface area contributed by atoms with Crippen molar-refractivity contribution >= 4 is 0 Å². The summed E-state index contributed by atoms with van der Waals surface area (Å²) in [6, 6.07) is 0. The Labute approximate surface area is 72.5 Å². The molecule has 0 radical (unpaired) electrons. The molecule has 1 aromatic heterocycles. The molecule has 2 rings (SSSR count). The lowest BCUT2D eigenvalue weighted by atomic mass is 9.85. The number of rotatable bonds is 1. The second kappa shape index (κ2) is 2.81. The number of aromatic nitrogens is 2. The van der Waals surface area contributed by atoms with E-state index in [0.29, 0.717) is 5.92 Å². The minimum absolute atomic E-state index is 0.700. The molecule has 1 aliphatic rings. The highest BCUT2D eigenvalue weighted by atomic mass is 15.5. The van der Waals surface area contributed by atoms with Crippen molar-refractivity contribution in [2.75, 3.05) is 5.84 Å². The first-order valence-corrected chi connectivity index (χ1v) is 4.64. The van der Waals surface area contributed by atoms with Crippen molar-refractivity contribution in [2.45, 2.75) is 38.5 Å². The van der Waals surface area contributed by atoms with Crippen molar-refractivity contribution in [1.29, 1.82) is 0 Å². The number of fused-ring (bicyclic) bond motifs is 1. The van der Waals surface area contributed by atoms with E-state index < -0.39 is 0 Å². The Balaban J connectivity index is 2.36. The SMILES string of the molecule is CCC1CCCc2nn(N)cc21. The van der Waals surface area contributed by atoms with Gasteiger partial charge in [0, 0.05) is 0 Å². The van der Waals surface area contributed by atoms with Crippen LogP contribution in [0.25, 0.3) is 0 Å². The van der Waals surface area contributed by atoms with E-state index in [0.717, 1.165) is 6.42 Å². The summed E-state index contributed by atoms with van der Waals surface area (Å²) in [4.78, 5) is 1.46. The van der Waals surface area contributed by atoms with Crippen molar-refractivity contribution in [3.05, 3.63) is 17.5 Å². The topological polar surface area (TPSA) is 43.8 Å². The highest BCUT2D eigenvalue weighted by Gasteiger charge is 2.21. The number of nitrogens with two attached hydrogens (primary N) is 1. The van der Waals surface area contributed by atoms with Crippen LogP contribution in [0.15, 0.2) is 6.20 Å². The number of hydrogen-bond donors (Lipinski definition) is 1. The van der Waals surface area contributed by atoms with Crippen LogP contribution in [0.4, 0.5) is 0 Å². The Bertz CT molecular complexity index is 277. The molecule has 0 aliphatic heterocycles. The fourth-order valence-electron chi connectivity index (χ4n) is 2.07. The lowest BCUT2D eigenvalue weighted by Crippen LogP contribution is -2.08. The number of aryl methyl sites for hydroxylation is 1. The molecule has 3 nitrogen and oxygen atoms in total. The molecule has 1 aliphatic carbocycles. The van der Waals surface area contributed by atoms with Crippen LogP contribution >= 0.6 is 0 Å². The standard InChI is InChI=1S/C9H15N3/c1-2-7-4-3-5-9-8(7)6-12(10)11-9/h6-7H,2-5,10H2,1H3. The molecule has 0 saturated carbocycles. The fourth-order valence-corrected chi connectivity index (χ4v) is 2.07. The minimum atomic E-state index is 0.700. The van der Waals surface area contributed by atoms with Crippen molar-refractivity contribution in [3.63, 3.8) is 0 Å². The van der Waals surface area contributed by atoms with Crippen molar-refractivity contribution in [1.82, 2.24) is 9.89 Å². The van der Waals surface area contributed by atoms with Crippen LogP contribution in [-0.2, 0) is 6.42 Å². The van der Waals surface area contributed by atoms with Gasteiger partial charge in [-0.3, -0.25) is 0 Å². The van der Waals surface area contributed by atoms with Gasteiger partial charge in [-0.25, -0.2) is 0 Å². The summed E-state index contributed by atoms with van der Waals surface area (Å²) in [7, 11) is 0. The van der Waals surface area contributed by atoms with E-state index in [9.17, 15) is 0 Å². The largest absolute Gasteiger partial charge is 0.323 e. The molecule has 0 bridgehead atoms. The Morgan fingerprint density at radius 1 is 1.75 bits per heavy atom. The smallest absolute Gasteiger partial charge is 0.0680 e. The molecule has 0 spiro atoms. The third-order valence-electron chi connectivity index (χ3n) is 2.74. The minimum Gasteiger partial charge on any atom is -0.323 e. The van der Waals surface area contributed by atoms with E-state index in [2.05, 4.69) is 12.0 Å². The van der Waals surface area contributed by atoms with Crippen LogP contribution in [0, 0.1) is 0 Å². The summed E-state index contributed by atoms with van der Waals surface area (Å²) in [5.74, 6) is 6.28. The van der Waals surface area contributed by atoms with Crippen LogP contribution < -0.4 is 5.84 Å². The van der Waals surface area contributed by atoms with Crippen molar-refractivity contribution in [2.24, 2.45) is 0 Å².